The van der Waals surface area contributed by atoms with Gasteiger partial charge in [-0.15, -0.1) is 0 Å². The minimum atomic E-state index is -0.238. The van der Waals surface area contributed by atoms with Crippen LogP contribution in [0.15, 0.2) is 60.0 Å². The number of ether oxygens (including phenoxy) is 2. The number of nitrogens with zero attached hydrogens (tertiary/aromatic N) is 4. The Morgan fingerprint density at radius 1 is 1.17 bits per heavy atom. The molecule has 1 atom stereocenters. The zero-order chi connectivity index (χ0) is 25.7. The van der Waals surface area contributed by atoms with Crippen molar-refractivity contribution in [1.82, 2.24) is 15.0 Å². The Balaban J connectivity index is 1.65. The molecule has 1 aliphatic rings. The molecule has 1 aromatic heterocycles. The van der Waals surface area contributed by atoms with Gasteiger partial charge in [-0.3, -0.25) is 9.80 Å². The van der Waals surface area contributed by atoms with Crippen LogP contribution in [0, 0.1) is 0 Å². The number of rotatable bonds is 9. The van der Waals surface area contributed by atoms with Crippen LogP contribution in [-0.4, -0.2) is 41.2 Å². The molecule has 2 aromatic carbocycles. The fourth-order valence-electron chi connectivity index (χ4n) is 4.32. The van der Waals surface area contributed by atoms with Gasteiger partial charge in [0.25, 0.3) is 0 Å². The molecule has 0 saturated heterocycles. The van der Waals surface area contributed by atoms with Gasteiger partial charge in [0.2, 0.25) is 5.95 Å². The molecule has 0 radical (unpaired) electrons. The highest BCUT2D eigenvalue weighted by atomic mass is 16.5. The molecule has 186 valence electrons. The van der Waals surface area contributed by atoms with Crippen LogP contribution in [0.4, 0.5) is 11.8 Å². The molecule has 3 aromatic rings. The average molecular weight is 487 g/mol. The lowest BCUT2D eigenvalue weighted by Crippen LogP contribution is -2.23. The van der Waals surface area contributed by atoms with Gasteiger partial charge in [-0.1, -0.05) is 37.6 Å². The summed E-state index contributed by atoms with van der Waals surface area (Å²) >= 11 is 0. The number of hydrogen-bond donors (Lipinski definition) is 2. The Morgan fingerprint density at radius 2 is 1.97 bits per heavy atom. The highest BCUT2D eigenvalue weighted by Gasteiger charge is 2.23. The van der Waals surface area contributed by atoms with E-state index in [1.54, 1.807) is 24.5 Å². The van der Waals surface area contributed by atoms with Crippen molar-refractivity contribution in [3.63, 3.8) is 0 Å². The lowest BCUT2D eigenvalue weighted by molar-refractivity contribution is 0.104. The van der Waals surface area contributed by atoms with Gasteiger partial charge in [0.05, 0.1) is 32.0 Å². The number of ketones is 1. The molecule has 0 spiro atoms. The van der Waals surface area contributed by atoms with Crippen molar-refractivity contribution in [2.45, 2.75) is 32.2 Å². The Labute approximate surface area is 210 Å². The minimum absolute atomic E-state index is 0.0523. The summed E-state index contributed by atoms with van der Waals surface area (Å²) in [5.41, 5.74) is 15.8. The van der Waals surface area contributed by atoms with Crippen LogP contribution in [-0.2, 0) is 6.42 Å². The van der Waals surface area contributed by atoms with Crippen molar-refractivity contribution >= 4 is 23.8 Å². The molecule has 0 saturated carbocycles. The molecule has 1 aliphatic heterocycles. The monoisotopic (exact) mass is 486 g/mol. The Kier molecular flexibility index (Phi) is 7.48. The number of carbonyl (C=O) groups is 1. The summed E-state index contributed by atoms with van der Waals surface area (Å²) in [5.74, 6) is 0.951. The lowest BCUT2D eigenvalue weighted by atomic mass is 9.96. The fourth-order valence-corrected chi connectivity index (χ4v) is 4.32. The molecular weight excluding hydrogens is 456 g/mol. The van der Waals surface area contributed by atoms with Crippen molar-refractivity contribution in [2.75, 3.05) is 25.7 Å². The zero-order valence-electron chi connectivity index (χ0n) is 20.6. The first-order valence-corrected chi connectivity index (χ1v) is 11.7. The summed E-state index contributed by atoms with van der Waals surface area (Å²) in [7, 11) is 3.04. The third-order valence-corrected chi connectivity index (χ3v) is 6.06. The summed E-state index contributed by atoms with van der Waals surface area (Å²) in [4.78, 5) is 21.4. The van der Waals surface area contributed by atoms with Crippen molar-refractivity contribution in [3.8, 4) is 11.5 Å². The van der Waals surface area contributed by atoms with Crippen LogP contribution in [0.25, 0.3) is 0 Å². The lowest BCUT2D eigenvalue weighted by Gasteiger charge is -2.30. The van der Waals surface area contributed by atoms with Gasteiger partial charge in [-0.2, -0.15) is 10.1 Å². The van der Waals surface area contributed by atoms with Crippen LogP contribution in [0.5, 0.6) is 11.5 Å². The van der Waals surface area contributed by atoms with E-state index in [0.29, 0.717) is 29.0 Å². The number of nitrogen functional groups attached to an aromatic ring is 2. The number of anilines is 2. The van der Waals surface area contributed by atoms with E-state index in [9.17, 15) is 4.79 Å². The van der Waals surface area contributed by atoms with E-state index >= 15 is 0 Å². The molecule has 9 heteroatoms. The highest BCUT2D eigenvalue weighted by molar-refractivity contribution is 6.07. The topological polar surface area (TPSA) is 129 Å². The average Bonchev–Trinajstić information content (AvgIpc) is 2.89. The van der Waals surface area contributed by atoms with Crippen LogP contribution in [0.1, 0.15) is 58.4 Å². The number of nitrogens with two attached hydrogens (primary N) is 2. The van der Waals surface area contributed by atoms with E-state index in [-0.39, 0.29) is 23.6 Å². The van der Waals surface area contributed by atoms with Gasteiger partial charge in [0, 0.05) is 30.5 Å². The van der Waals surface area contributed by atoms with E-state index in [0.717, 1.165) is 24.0 Å². The SMILES string of the molecule is CCCC1c2ccccc2C=NN1C=CC(=O)c1cc(Cc2cnc(N)nc2N)cc(OC)c1OC. The number of aromatic nitrogens is 2. The maximum absolute atomic E-state index is 13.4. The quantitative estimate of drug-likeness (QED) is 0.341. The second-order valence-corrected chi connectivity index (χ2v) is 8.43. The largest absolute Gasteiger partial charge is 0.493 e. The summed E-state index contributed by atoms with van der Waals surface area (Å²) in [6, 6.07) is 11.8. The van der Waals surface area contributed by atoms with E-state index in [4.69, 9.17) is 20.9 Å². The number of allylic oxidation sites excluding steroid dienone is 1. The molecule has 9 nitrogen and oxygen atoms in total. The van der Waals surface area contributed by atoms with Gasteiger partial charge in [0.1, 0.15) is 5.82 Å². The summed E-state index contributed by atoms with van der Waals surface area (Å²) in [6.07, 6.45) is 8.91. The van der Waals surface area contributed by atoms with Gasteiger partial charge in [-0.25, -0.2) is 4.98 Å². The number of carbonyl (C=O) groups excluding carboxylic acids is 1. The Bertz CT molecular complexity index is 1320. The molecule has 0 bridgehead atoms. The second-order valence-electron chi connectivity index (χ2n) is 8.43. The van der Waals surface area contributed by atoms with Crippen molar-refractivity contribution in [2.24, 2.45) is 5.10 Å². The molecule has 36 heavy (non-hydrogen) atoms. The van der Waals surface area contributed by atoms with Gasteiger partial charge in [0.15, 0.2) is 17.3 Å². The van der Waals surface area contributed by atoms with Crippen molar-refractivity contribution in [3.05, 3.63) is 82.7 Å². The third kappa shape index (κ3) is 5.14. The molecule has 4 N–H and O–H groups in total. The van der Waals surface area contributed by atoms with Crippen LogP contribution in [0.3, 0.4) is 0 Å². The molecule has 0 aliphatic carbocycles. The smallest absolute Gasteiger partial charge is 0.221 e. The standard InChI is InChI=1S/C27H30N6O3/c1-4-7-22-20-9-6-5-8-18(20)16-31-33(22)11-10-23(34)21-13-17(14-24(35-2)25(21)36-3)12-19-15-30-27(29)32-26(19)28/h5-6,8-11,13-16,22H,4,7,12H2,1-3H3,(H4,28,29,30,32). The number of benzene rings is 2. The molecule has 4 rings (SSSR count). The molecule has 0 fully saturated rings. The summed E-state index contributed by atoms with van der Waals surface area (Å²) in [6.45, 7) is 2.13. The number of methoxy groups -OCH3 is 2. The second kappa shape index (κ2) is 10.9. The van der Waals surface area contributed by atoms with Crippen LogP contribution < -0.4 is 20.9 Å². The van der Waals surface area contributed by atoms with E-state index < -0.39 is 0 Å². The van der Waals surface area contributed by atoms with E-state index in [2.05, 4.69) is 34.1 Å². The summed E-state index contributed by atoms with van der Waals surface area (Å²) < 4.78 is 11.1. The maximum atomic E-state index is 13.4. The first kappa shape index (κ1) is 24.7. The first-order valence-electron chi connectivity index (χ1n) is 11.7. The number of fused-ring (bicyclic) bond motifs is 1. The van der Waals surface area contributed by atoms with Gasteiger partial charge >= 0.3 is 0 Å². The number of hydrogen-bond acceptors (Lipinski definition) is 9. The van der Waals surface area contributed by atoms with Crippen molar-refractivity contribution < 1.29 is 14.3 Å². The predicted octanol–water partition coefficient (Wildman–Crippen LogP) is 4.14. The van der Waals surface area contributed by atoms with Crippen molar-refractivity contribution in [1.29, 1.82) is 0 Å². The maximum Gasteiger partial charge on any atom is 0.221 e. The predicted molar refractivity (Wildman–Crippen MR) is 140 cm³/mol. The first-order chi connectivity index (χ1) is 17.4. The highest BCUT2D eigenvalue weighted by Crippen LogP contribution is 2.35. The molecule has 0 amide bonds. The van der Waals surface area contributed by atoms with Crippen LogP contribution in [0.2, 0.25) is 0 Å². The zero-order valence-corrected chi connectivity index (χ0v) is 20.6. The Hall–Kier alpha value is -4.40. The van der Waals surface area contributed by atoms with Gasteiger partial charge in [-0.05, 0) is 35.2 Å². The minimum Gasteiger partial charge on any atom is -0.493 e. The van der Waals surface area contributed by atoms with Crippen LogP contribution >= 0.6 is 0 Å². The van der Waals surface area contributed by atoms with Gasteiger partial charge < -0.3 is 20.9 Å². The number of hydrazone groups is 1. The Morgan fingerprint density at radius 3 is 2.69 bits per heavy atom. The molecule has 2 heterocycles. The molecular formula is C27H30N6O3. The van der Waals surface area contributed by atoms with E-state index in [1.807, 2.05) is 23.4 Å². The van der Waals surface area contributed by atoms with E-state index in [1.165, 1.54) is 25.9 Å². The third-order valence-electron chi connectivity index (χ3n) is 6.06. The normalized spacial score (nSPS) is 14.6. The molecule has 1 unspecified atom stereocenters. The fraction of sp³-hybridized carbons (Fsp3) is 0.259. The summed E-state index contributed by atoms with van der Waals surface area (Å²) in [5, 5.41) is 6.42.